The molecule has 19 heavy (non-hydrogen) atoms. The van der Waals surface area contributed by atoms with Gasteiger partial charge in [0, 0.05) is 24.7 Å². The van der Waals surface area contributed by atoms with Crippen LogP contribution in [0.2, 0.25) is 0 Å². The Morgan fingerprint density at radius 3 is 2.89 bits per heavy atom. The number of β-amino-alcohol motifs (C(OH)–C–C–N with tert-alkyl or cyclic N) is 1. The average Bonchev–Trinajstić information content (AvgIpc) is 2.38. The first-order chi connectivity index (χ1) is 8.94. The number of carbonyl (C=O) groups is 1. The lowest BCUT2D eigenvalue weighted by molar-refractivity contribution is -0.159. The van der Waals surface area contributed by atoms with Gasteiger partial charge in [0.1, 0.15) is 11.6 Å². The fraction of sp³-hybridized carbons (Fsp3) is 0.615. The number of piperidine rings is 1. The van der Waals surface area contributed by atoms with Gasteiger partial charge in [-0.1, -0.05) is 6.92 Å². The van der Waals surface area contributed by atoms with E-state index in [4.69, 9.17) is 5.11 Å². The molecule has 6 heteroatoms. The molecule has 1 aromatic rings. The molecule has 2 rings (SSSR count). The van der Waals surface area contributed by atoms with E-state index in [2.05, 4.69) is 9.97 Å². The van der Waals surface area contributed by atoms with Gasteiger partial charge in [-0.3, -0.25) is 0 Å². The Morgan fingerprint density at radius 1 is 1.53 bits per heavy atom. The van der Waals surface area contributed by atoms with Crippen LogP contribution in [0.1, 0.15) is 31.3 Å². The normalized spacial score (nSPS) is 23.4. The van der Waals surface area contributed by atoms with Gasteiger partial charge in [-0.2, -0.15) is 0 Å². The predicted molar refractivity (Wildman–Crippen MR) is 70.2 cm³/mol. The van der Waals surface area contributed by atoms with Crippen molar-refractivity contribution in [3.05, 3.63) is 17.6 Å². The summed E-state index contributed by atoms with van der Waals surface area (Å²) in [6, 6.07) is 1.83. The summed E-state index contributed by atoms with van der Waals surface area (Å²) >= 11 is 0. The standard InChI is InChI=1S/C13H19N3O3/c1-3-10-14-9(2)7-11(15-10)16-6-4-5-13(19,8-16)12(17)18/h7,19H,3-6,8H2,1-2H3,(H,17,18). The smallest absolute Gasteiger partial charge is 0.337 e. The van der Waals surface area contributed by atoms with Crippen molar-refractivity contribution in [1.29, 1.82) is 0 Å². The third-order valence-electron chi connectivity index (χ3n) is 3.40. The fourth-order valence-corrected chi connectivity index (χ4v) is 2.34. The monoisotopic (exact) mass is 265 g/mol. The summed E-state index contributed by atoms with van der Waals surface area (Å²) in [6.07, 6.45) is 1.64. The summed E-state index contributed by atoms with van der Waals surface area (Å²) in [5, 5.41) is 19.2. The van der Waals surface area contributed by atoms with Crippen molar-refractivity contribution in [2.45, 2.75) is 38.7 Å². The minimum Gasteiger partial charge on any atom is -0.479 e. The number of hydrogen-bond acceptors (Lipinski definition) is 5. The summed E-state index contributed by atoms with van der Waals surface area (Å²) in [4.78, 5) is 21.7. The second-order valence-electron chi connectivity index (χ2n) is 5.00. The quantitative estimate of drug-likeness (QED) is 0.839. The number of nitrogens with zero attached hydrogens (tertiary/aromatic N) is 3. The number of rotatable bonds is 3. The third-order valence-corrected chi connectivity index (χ3v) is 3.40. The van der Waals surface area contributed by atoms with Crippen LogP contribution in [0.25, 0.3) is 0 Å². The molecule has 6 nitrogen and oxygen atoms in total. The lowest BCUT2D eigenvalue weighted by Crippen LogP contribution is -2.53. The number of aliphatic hydroxyl groups is 1. The Morgan fingerprint density at radius 2 is 2.26 bits per heavy atom. The summed E-state index contributed by atoms with van der Waals surface area (Å²) in [5.74, 6) is 0.266. The molecule has 1 saturated heterocycles. The van der Waals surface area contributed by atoms with E-state index in [-0.39, 0.29) is 13.0 Å². The molecular weight excluding hydrogens is 246 g/mol. The highest BCUT2D eigenvalue weighted by atomic mass is 16.4. The van der Waals surface area contributed by atoms with Gasteiger partial charge in [0.25, 0.3) is 0 Å². The number of carboxylic acids is 1. The highest BCUT2D eigenvalue weighted by Crippen LogP contribution is 2.25. The van der Waals surface area contributed by atoms with Crippen LogP contribution in [0.4, 0.5) is 5.82 Å². The van der Waals surface area contributed by atoms with Crippen molar-refractivity contribution in [2.75, 3.05) is 18.0 Å². The Labute approximate surface area is 112 Å². The van der Waals surface area contributed by atoms with Crippen molar-refractivity contribution >= 4 is 11.8 Å². The molecule has 0 spiro atoms. The molecule has 0 aromatic carbocycles. The van der Waals surface area contributed by atoms with Gasteiger partial charge in [0.15, 0.2) is 5.60 Å². The first-order valence-corrected chi connectivity index (χ1v) is 6.50. The summed E-state index contributed by atoms with van der Waals surface area (Å²) < 4.78 is 0. The molecule has 0 amide bonds. The molecule has 1 aliphatic rings. The Kier molecular flexibility index (Phi) is 3.71. The summed E-state index contributed by atoms with van der Waals surface area (Å²) in [6.45, 7) is 4.64. The molecule has 104 valence electrons. The number of aryl methyl sites for hydroxylation is 2. The number of anilines is 1. The molecule has 2 N–H and O–H groups in total. The number of aliphatic carboxylic acids is 1. The van der Waals surface area contributed by atoms with Gasteiger partial charge in [-0.25, -0.2) is 14.8 Å². The van der Waals surface area contributed by atoms with E-state index in [1.807, 2.05) is 24.8 Å². The van der Waals surface area contributed by atoms with Crippen LogP contribution in [0.15, 0.2) is 6.07 Å². The van der Waals surface area contributed by atoms with E-state index in [1.165, 1.54) is 0 Å². The molecule has 1 atom stereocenters. The van der Waals surface area contributed by atoms with Gasteiger partial charge in [0.05, 0.1) is 6.54 Å². The van der Waals surface area contributed by atoms with Crippen molar-refractivity contribution in [1.82, 2.24) is 9.97 Å². The predicted octanol–water partition coefficient (Wildman–Crippen LogP) is 0.763. The molecule has 1 fully saturated rings. The van der Waals surface area contributed by atoms with E-state index in [0.717, 1.165) is 17.9 Å². The van der Waals surface area contributed by atoms with Gasteiger partial charge in [-0.05, 0) is 19.8 Å². The maximum Gasteiger partial charge on any atom is 0.337 e. The summed E-state index contributed by atoms with van der Waals surface area (Å²) in [5.41, 5.74) is -0.824. The zero-order chi connectivity index (χ0) is 14.0. The molecule has 0 saturated carbocycles. The van der Waals surface area contributed by atoms with Gasteiger partial charge in [-0.15, -0.1) is 0 Å². The van der Waals surface area contributed by atoms with E-state index in [9.17, 15) is 9.90 Å². The van der Waals surface area contributed by atoms with Crippen LogP contribution in [-0.4, -0.2) is 44.8 Å². The maximum absolute atomic E-state index is 11.1. The van der Waals surface area contributed by atoms with E-state index >= 15 is 0 Å². The van der Waals surface area contributed by atoms with E-state index < -0.39 is 11.6 Å². The van der Waals surface area contributed by atoms with Crippen molar-refractivity contribution in [3.63, 3.8) is 0 Å². The zero-order valence-corrected chi connectivity index (χ0v) is 11.3. The highest BCUT2D eigenvalue weighted by molar-refractivity contribution is 5.78. The fourth-order valence-electron chi connectivity index (χ4n) is 2.34. The Hall–Kier alpha value is -1.69. The second kappa shape index (κ2) is 5.13. The zero-order valence-electron chi connectivity index (χ0n) is 11.3. The molecule has 1 aliphatic heterocycles. The van der Waals surface area contributed by atoms with Crippen molar-refractivity contribution in [2.24, 2.45) is 0 Å². The molecule has 1 aromatic heterocycles. The lowest BCUT2D eigenvalue weighted by atomic mass is 9.93. The van der Waals surface area contributed by atoms with Crippen molar-refractivity contribution < 1.29 is 15.0 Å². The van der Waals surface area contributed by atoms with Crippen LogP contribution in [0.3, 0.4) is 0 Å². The SMILES string of the molecule is CCc1nc(C)cc(N2CCCC(O)(C(=O)O)C2)n1. The molecular formula is C13H19N3O3. The number of hydrogen-bond donors (Lipinski definition) is 2. The average molecular weight is 265 g/mol. The van der Waals surface area contributed by atoms with E-state index in [0.29, 0.717) is 18.8 Å². The number of aromatic nitrogens is 2. The molecule has 1 unspecified atom stereocenters. The maximum atomic E-state index is 11.1. The van der Waals surface area contributed by atoms with Gasteiger partial charge in [0.2, 0.25) is 0 Å². The van der Waals surface area contributed by atoms with Crippen LogP contribution in [0, 0.1) is 6.92 Å². The molecule has 2 heterocycles. The topological polar surface area (TPSA) is 86.5 Å². The molecule has 0 radical (unpaired) electrons. The van der Waals surface area contributed by atoms with Gasteiger partial charge < -0.3 is 15.1 Å². The minimum absolute atomic E-state index is 0.0714. The first kappa shape index (κ1) is 13.7. The van der Waals surface area contributed by atoms with Crippen LogP contribution in [0.5, 0.6) is 0 Å². The minimum atomic E-state index is -1.68. The third kappa shape index (κ3) is 2.84. The molecule has 0 aliphatic carbocycles. The highest BCUT2D eigenvalue weighted by Gasteiger charge is 2.40. The Bertz CT molecular complexity index is 492. The van der Waals surface area contributed by atoms with Gasteiger partial charge >= 0.3 is 5.97 Å². The lowest BCUT2D eigenvalue weighted by Gasteiger charge is -2.37. The van der Waals surface area contributed by atoms with Crippen LogP contribution >= 0.6 is 0 Å². The first-order valence-electron chi connectivity index (χ1n) is 6.50. The summed E-state index contributed by atoms with van der Waals surface area (Å²) in [7, 11) is 0. The van der Waals surface area contributed by atoms with E-state index in [1.54, 1.807) is 0 Å². The van der Waals surface area contributed by atoms with Crippen LogP contribution in [-0.2, 0) is 11.2 Å². The van der Waals surface area contributed by atoms with Crippen molar-refractivity contribution in [3.8, 4) is 0 Å². The van der Waals surface area contributed by atoms with Crippen LogP contribution < -0.4 is 4.90 Å². The second-order valence-corrected chi connectivity index (χ2v) is 5.00. The number of carboxylic acid groups (broad SMARTS) is 1. The Balaban J connectivity index is 2.26. The largest absolute Gasteiger partial charge is 0.479 e. The molecule has 0 bridgehead atoms.